The van der Waals surface area contributed by atoms with E-state index >= 15 is 0 Å². The molecule has 0 radical (unpaired) electrons. The predicted octanol–water partition coefficient (Wildman–Crippen LogP) is 2.41. The molecule has 12 heavy (non-hydrogen) atoms. The summed E-state index contributed by atoms with van der Waals surface area (Å²) in [4.78, 5) is 0. The zero-order chi connectivity index (χ0) is 9.14. The topological polar surface area (TPSA) is 26.0 Å². The van der Waals surface area contributed by atoms with Crippen molar-refractivity contribution in [3.63, 3.8) is 0 Å². The van der Waals surface area contributed by atoms with Crippen LogP contribution in [-0.2, 0) is 6.54 Å². The van der Waals surface area contributed by atoms with Crippen molar-refractivity contribution in [2.75, 3.05) is 0 Å². The van der Waals surface area contributed by atoms with Gasteiger partial charge in [0.1, 0.15) is 5.82 Å². The van der Waals surface area contributed by atoms with E-state index in [1.54, 1.807) is 6.07 Å². The van der Waals surface area contributed by atoms with Gasteiger partial charge in [0.25, 0.3) is 0 Å². The van der Waals surface area contributed by atoms with Crippen molar-refractivity contribution in [2.45, 2.75) is 26.3 Å². The van der Waals surface area contributed by atoms with Gasteiger partial charge >= 0.3 is 0 Å². The second kappa shape index (κ2) is 3.68. The molecule has 1 nitrogen and oxygen atoms in total. The molecule has 0 unspecified atom stereocenters. The summed E-state index contributed by atoms with van der Waals surface area (Å²) in [6.07, 6.45) is 0. The summed E-state index contributed by atoms with van der Waals surface area (Å²) in [5.74, 6) is 0.0821. The quantitative estimate of drug-likeness (QED) is 0.719. The molecule has 0 spiro atoms. The Balaban J connectivity index is 3.08. The van der Waals surface area contributed by atoms with Crippen molar-refractivity contribution in [2.24, 2.45) is 5.73 Å². The van der Waals surface area contributed by atoms with Gasteiger partial charge in [-0.25, -0.2) is 4.39 Å². The second-order valence-electron chi connectivity index (χ2n) is 3.21. The first-order chi connectivity index (χ1) is 5.65. The van der Waals surface area contributed by atoms with Crippen molar-refractivity contribution in [1.29, 1.82) is 0 Å². The Morgan fingerprint density at radius 2 is 2.08 bits per heavy atom. The molecule has 2 N–H and O–H groups in total. The van der Waals surface area contributed by atoms with Gasteiger partial charge in [0.15, 0.2) is 0 Å². The van der Waals surface area contributed by atoms with E-state index in [0.29, 0.717) is 6.54 Å². The fourth-order valence-electron chi connectivity index (χ4n) is 1.16. The zero-order valence-electron chi connectivity index (χ0n) is 7.47. The lowest BCUT2D eigenvalue weighted by atomic mass is 10.0. The van der Waals surface area contributed by atoms with Crippen molar-refractivity contribution in [3.05, 3.63) is 35.1 Å². The SMILES string of the molecule is CC(C)c1cc(CN)ccc1F. The van der Waals surface area contributed by atoms with Crippen molar-refractivity contribution < 1.29 is 4.39 Å². The summed E-state index contributed by atoms with van der Waals surface area (Å²) >= 11 is 0. The minimum Gasteiger partial charge on any atom is -0.326 e. The van der Waals surface area contributed by atoms with Crippen molar-refractivity contribution >= 4 is 0 Å². The summed E-state index contributed by atoms with van der Waals surface area (Å²) in [6, 6.07) is 5.04. The van der Waals surface area contributed by atoms with Crippen LogP contribution in [0.4, 0.5) is 4.39 Å². The third-order valence-corrected chi connectivity index (χ3v) is 1.92. The second-order valence-corrected chi connectivity index (χ2v) is 3.21. The van der Waals surface area contributed by atoms with Crippen LogP contribution in [-0.4, -0.2) is 0 Å². The molecule has 0 aliphatic rings. The first-order valence-electron chi connectivity index (χ1n) is 4.13. The van der Waals surface area contributed by atoms with E-state index in [9.17, 15) is 4.39 Å². The zero-order valence-corrected chi connectivity index (χ0v) is 7.47. The highest BCUT2D eigenvalue weighted by Gasteiger charge is 2.06. The molecule has 0 fully saturated rings. The van der Waals surface area contributed by atoms with Gasteiger partial charge in [-0.15, -0.1) is 0 Å². The van der Waals surface area contributed by atoms with Crippen LogP contribution in [0.5, 0.6) is 0 Å². The molecule has 0 aliphatic heterocycles. The molecule has 1 aromatic rings. The van der Waals surface area contributed by atoms with Gasteiger partial charge in [0.2, 0.25) is 0 Å². The number of halogens is 1. The molecule has 0 amide bonds. The molecule has 2 heteroatoms. The van der Waals surface area contributed by atoms with Crippen molar-refractivity contribution in [1.82, 2.24) is 0 Å². The summed E-state index contributed by atoms with van der Waals surface area (Å²) in [6.45, 7) is 4.41. The maximum absolute atomic E-state index is 13.1. The summed E-state index contributed by atoms with van der Waals surface area (Å²) in [7, 11) is 0. The fraction of sp³-hybridized carbons (Fsp3) is 0.400. The van der Waals surface area contributed by atoms with E-state index < -0.39 is 0 Å². The van der Waals surface area contributed by atoms with Gasteiger partial charge in [-0.2, -0.15) is 0 Å². The Hall–Kier alpha value is -0.890. The smallest absolute Gasteiger partial charge is 0.126 e. The van der Waals surface area contributed by atoms with Crippen LogP contribution >= 0.6 is 0 Å². The summed E-state index contributed by atoms with van der Waals surface area (Å²) < 4.78 is 13.1. The number of hydrogen-bond donors (Lipinski definition) is 1. The molecular weight excluding hydrogens is 153 g/mol. The Morgan fingerprint density at radius 3 is 2.58 bits per heavy atom. The lowest BCUT2D eigenvalue weighted by Crippen LogP contribution is -2.00. The Kier molecular flexibility index (Phi) is 2.82. The molecule has 0 aromatic heterocycles. The van der Waals surface area contributed by atoms with E-state index in [4.69, 9.17) is 5.73 Å². The molecule has 66 valence electrons. The number of rotatable bonds is 2. The van der Waals surface area contributed by atoms with Gasteiger partial charge in [-0.3, -0.25) is 0 Å². The number of hydrogen-bond acceptors (Lipinski definition) is 1. The van der Waals surface area contributed by atoms with Gasteiger partial charge in [-0.1, -0.05) is 26.0 Å². The van der Waals surface area contributed by atoms with E-state index in [1.807, 2.05) is 19.9 Å². The molecule has 0 saturated heterocycles. The minimum atomic E-state index is -0.137. The Labute approximate surface area is 72.4 Å². The molecule has 0 bridgehead atoms. The molecule has 1 rings (SSSR count). The van der Waals surface area contributed by atoms with E-state index in [0.717, 1.165) is 11.1 Å². The van der Waals surface area contributed by atoms with Gasteiger partial charge in [0.05, 0.1) is 0 Å². The third kappa shape index (κ3) is 1.83. The standard InChI is InChI=1S/C10H14FN/c1-7(2)9-5-8(6-12)3-4-10(9)11/h3-5,7H,6,12H2,1-2H3. The van der Waals surface area contributed by atoms with Gasteiger partial charge < -0.3 is 5.73 Å². The summed E-state index contributed by atoms with van der Waals surface area (Å²) in [5, 5.41) is 0. The molecule has 1 aromatic carbocycles. The first kappa shape index (κ1) is 9.20. The van der Waals surface area contributed by atoms with E-state index in [-0.39, 0.29) is 11.7 Å². The van der Waals surface area contributed by atoms with E-state index in [2.05, 4.69) is 0 Å². The Bertz CT molecular complexity index is 269. The van der Waals surface area contributed by atoms with Crippen LogP contribution < -0.4 is 5.73 Å². The summed E-state index contributed by atoms with van der Waals surface area (Å²) in [5.41, 5.74) is 7.18. The fourth-order valence-corrected chi connectivity index (χ4v) is 1.16. The largest absolute Gasteiger partial charge is 0.326 e. The van der Waals surface area contributed by atoms with E-state index in [1.165, 1.54) is 6.07 Å². The maximum atomic E-state index is 13.1. The molecule has 0 aliphatic carbocycles. The molecule has 0 atom stereocenters. The lowest BCUT2D eigenvalue weighted by molar-refractivity contribution is 0.597. The van der Waals surface area contributed by atoms with Crippen LogP contribution in [0.3, 0.4) is 0 Å². The normalized spacial score (nSPS) is 10.8. The van der Waals surface area contributed by atoms with Crippen molar-refractivity contribution in [3.8, 4) is 0 Å². The molecular formula is C10H14FN. The monoisotopic (exact) mass is 167 g/mol. The highest BCUT2D eigenvalue weighted by Crippen LogP contribution is 2.19. The van der Waals surface area contributed by atoms with Crippen LogP contribution in [0.2, 0.25) is 0 Å². The van der Waals surface area contributed by atoms with Crippen LogP contribution in [0.1, 0.15) is 30.9 Å². The lowest BCUT2D eigenvalue weighted by Gasteiger charge is -2.08. The average Bonchev–Trinajstić information content (AvgIpc) is 2.05. The van der Waals surface area contributed by atoms with Crippen LogP contribution in [0.25, 0.3) is 0 Å². The van der Waals surface area contributed by atoms with Gasteiger partial charge in [-0.05, 0) is 23.1 Å². The highest BCUT2D eigenvalue weighted by atomic mass is 19.1. The van der Waals surface area contributed by atoms with Crippen LogP contribution in [0.15, 0.2) is 18.2 Å². The predicted molar refractivity (Wildman–Crippen MR) is 48.4 cm³/mol. The third-order valence-electron chi connectivity index (χ3n) is 1.92. The first-order valence-corrected chi connectivity index (χ1v) is 4.13. The minimum absolute atomic E-state index is 0.137. The Morgan fingerprint density at radius 1 is 1.42 bits per heavy atom. The maximum Gasteiger partial charge on any atom is 0.126 e. The van der Waals surface area contributed by atoms with Crippen LogP contribution in [0, 0.1) is 5.82 Å². The molecule has 0 saturated carbocycles. The number of nitrogens with two attached hydrogens (primary N) is 1. The highest BCUT2D eigenvalue weighted by molar-refractivity contribution is 5.27. The molecule has 0 heterocycles. The van der Waals surface area contributed by atoms with Gasteiger partial charge in [0, 0.05) is 6.54 Å². The number of benzene rings is 1. The average molecular weight is 167 g/mol.